The molecule has 0 saturated heterocycles. The number of carbonyl (C=O) groups is 1. The first-order chi connectivity index (χ1) is 13.4. The van der Waals surface area contributed by atoms with E-state index in [0.717, 1.165) is 25.2 Å². The maximum atomic E-state index is 12.5. The fraction of sp³-hybridized carbons (Fsp3) is 0.316. The molecule has 0 bridgehead atoms. The largest absolute Gasteiger partial charge is 0.455 e. The maximum Gasteiger partial charge on any atom is 0.287 e. The lowest BCUT2D eigenvalue weighted by Gasteiger charge is -2.12. The molecule has 1 aromatic carbocycles. The summed E-state index contributed by atoms with van der Waals surface area (Å²) in [5, 5.41) is 11.1. The van der Waals surface area contributed by atoms with E-state index in [4.69, 9.17) is 4.42 Å². The van der Waals surface area contributed by atoms with Gasteiger partial charge in [-0.05, 0) is 37.6 Å². The zero-order valence-electron chi connectivity index (χ0n) is 15.3. The van der Waals surface area contributed by atoms with Crippen LogP contribution in [-0.4, -0.2) is 29.1 Å². The average Bonchev–Trinajstić information content (AvgIpc) is 3.38. The zero-order valence-corrected chi connectivity index (χ0v) is 16.1. The summed E-state index contributed by atoms with van der Waals surface area (Å²) in [6.07, 6.45) is 1.92. The number of rotatable bonds is 6. The highest BCUT2D eigenvalue weighted by atomic mass is 32.2. The van der Waals surface area contributed by atoms with Crippen molar-refractivity contribution < 1.29 is 17.6 Å². The number of nitrogens with zero attached hydrogens (tertiary/aromatic N) is 3. The zero-order chi connectivity index (χ0) is 19.7. The molecule has 0 spiro atoms. The first kappa shape index (κ1) is 18.4. The van der Waals surface area contributed by atoms with E-state index in [1.807, 2.05) is 11.5 Å². The highest BCUT2D eigenvalue weighted by Gasteiger charge is 2.24. The van der Waals surface area contributed by atoms with Crippen LogP contribution < -0.4 is 5.32 Å². The van der Waals surface area contributed by atoms with Gasteiger partial charge in [-0.1, -0.05) is 18.2 Å². The van der Waals surface area contributed by atoms with Crippen LogP contribution in [-0.2, 0) is 28.6 Å². The van der Waals surface area contributed by atoms with Gasteiger partial charge < -0.3 is 14.3 Å². The molecule has 3 aromatic rings. The molecule has 1 aliphatic rings. The molecule has 1 atom stereocenters. The van der Waals surface area contributed by atoms with Crippen molar-refractivity contribution in [1.82, 2.24) is 20.1 Å². The van der Waals surface area contributed by atoms with E-state index in [2.05, 4.69) is 15.5 Å². The van der Waals surface area contributed by atoms with Gasteiger partial charge in [-0.15, -0.1) is 10.2 Å². The lowest BCUT2D eigenvalue weighted by atomic mass is 10.3. The monoisotopic (exact) mass is 400 g/mol. The second-order valence-electron chi connectivity index (χ2n) is 6.76. The third kappa shape index (κ3) is 3.57. The lowest BCUT2D eigenvalue weighted by molar-refractivity contribution is 0.0908. The molecule has 9 heteroatoms. The van der Waals surface area contributed by atoms with E-state index in [1.54, 1.807) is 18.2 Å². The Morgan fingerprint density at radius 3 is 2.79 bits per heavy atom. The third-order valence-electron chi connectivity index (χ3n) is 4.69. The molecule has 4 rings (SSSR count). The van der Waals surface area contributed by atoms with Crippen LogP contribution >= 0.6 is 0 Å². The Morgan fingerprint density at radius 2 is 2.00 bits per heavy atom. The van der Waals surface area contributed by atoms with E-state index in [0.29, 0.717) is 5.82 Å². The number of benzene rings is 1. The van der Waals surface area contributed by atoms with Crippen LogP contribution in [0.1, 0.15) is 47.4 Å². The van der Waals surface area contributed by atoms with Crippen LogP contribution in [0.5, 0.6) is 0 Å². The van der Waals surface area contributed by atoms with Gasteiger partial charge in [0.1, 0.15) is 17.3 Å². The molecule has 1 aliphatic heterocycles. The number of nitrogens with one attached hydrogen (secondary N) is 1. The summed E-state index contributed by atoms with van der Waals surface area (Å²) in [4.78, 5) is 12.7. The molecule has 146 valence electrons. The van der Waals surface area contributed by atoms with Gasteiger partial charge in [0.2, 0.25) is 0 Å². The van der Waals surface area contributed by atoms with Crippen molar-refractivity contribution in [3.8, 4) is 0 Å². The van der Waals surface area contributed by atoms with Crippen molar-refractivity contribution in [2.75, 3.05) is 0 Å². The van der Waals surface area contributed by atoms with E-state index in [1.165, 1.54) is 24.3 Å². The van der Waals surface area contributed by atoms with Crippen LogP contribution in [0.25, 0.3) is 0 Å². The first-order valence-electron chi connectivity index (χ1n) is 9.03. The SMILES string of the molecule is CC(NC(=O)c1ccc(CS(=O)(=O)c2ccccc2)o1)c1nnc2n1CCC2. The molecule has 2 aromatic heterocycles. The molecule has 0 aliphatic carbocycles. The fourth-order valence-electron chi connectivity index (χ4n) is 3.30. The number of furan rings is 1. The van der Waals surface area contributed by atoms with Crippen LogP contribution in [0, 0.1) is 0 Å². The second kappa shape index (κ2) is 7.23. The summed E-state index contributed by atoms with van der Waals surface area (Å²) in [7, 11) is -3.54. The summed E-state index contributed by atoms with van der Waals surface area (Å²) in [6.45, 7) is 2.68. The molecule has 0 saturated carbocycles. The number of carbonyl (C=O) groups excluding carboxylic acids is 1. The second-order valence-corrected chi connectivity index (χ2v) is 8.75. The molecule has 0 radical (unpaired) electrons. The predicted molar refractivity (Wildman–Crippen MR) is 100 cm³/mol. The van der Waals surface area contributed by atoms with E-state index >= 15 is 0 Å². The van der Waals surface area contributed by atoms with Gasteiger partial charge in [-0.2, -0.15) is 0 Å². The third-order valence-corrected chi connectivity index (χ3v) is 6.35. The molecule has 1 N–H and O–H groups in total. The molecule has 1 amide bonds. The number of amides is 1. The minimum atomic E-state index is -3.54. The summed E-state index contributed by atoms with van der Waals surface area (Å²) < 4.78 is 32.4. The molecule has 28 heavy (non-hydrogen) atoms. The molecule has 1 unspecified atom stereocenters. The highest BCUT2D eigenvalue weighted by Crippen LogP contribution is 2.21. The Labute approximate surface area is 162 Å². The van der Waals surface area contributed by atoms with E-state index < -0.39 is 15.7 Å². The minimum Gasteiger partial charge on any atom is -0.455 e. The summed E-state index contributed by atoms with van der Waals surface area (Å²) in [5.41, 5.74) is 0. The lowest BCUT2D eigenvalue weighted by Crippen LogP contribution is -2.28. The number of aryl methyl sites for hydroxylation is 1. The van der Waals surface area contributed by atoms with Crippen molar-refractivity contribution in [2.45, 2.75) is 43.0 Å². The van der Waals surface area contributed by atoms with Crippen LogP contribution in [0.15, 0.2) is 51.8 Å². The van der Waals surface area contributed by atoms with Gasteiger partial charge in [0.25, 0.3) is 5.91 Å². The summed E-state index contributed by atoms with van der Waals surface area (Å²) in [5.74, 6) is 1.18. The molecular formula is C19H20N4O4S. The Hall–Kier alpha value is -2.94. The minimum absolute atomic E-state index is 0.0614. The van der Waals surface area contributed by atoms with Gasteiger partial charge >= 0.3 is 0 Å². The molecule has 3 heterocycles. The van der Waals surface area contributed by atoms with E-state index in [-0.39, 0.29) is 28.2 Å². The molecular weight excluding hydrogens is 380 g/mol. The topological polar surface area (TPSA) is 107 Å². The van der Waals surface area contributed by atoms with Crippen LogP contribution in [0.4, 0.5) is 0 Å². The van der Waals surface area contributed by atoms with Crippen molar-refractivity contribution in [1.29, 1.82) is 0 Å². The molecule has 8 nitrogen and oxygen atoms in total. The Bertz CT molecular complexity index is 1100. The van der Waals surface area contributed by atoms with Crippen molar-refractivity contribution in [2.24, 2.45) is 0 Å². The smallest absolute Gasteiger partial charge is 0.287 e. The van der Waals surface area contributed by atoms with Gasteiger partial charge in [0.15, 0.2) is 21.4 Å². The van der Waals surface area contributed by atoms with Gasteiger partial charge in [0.05, 0.1) is 10.9 Å². The normalized spacial score (nSPS) is 14.6. The van der Waals surface area contributed by atoms with E-state index in [9.17, 15) is 13.2 Å². The highest BCUT2D eigenvalue weighted by molar-refractivity contribution is 7.90. The Balaban J connectivity index is 1.44. The summed E-state index contributed by atoms with van der Waals surface area (Å²) in [6, 6.07) is 10.8. The van der Waals surface area contributed by atoms with Crippen molar-refractivity contribution in [3.05, 3.63) is 65.6 Å². The summed E-state index contributed by atoms with van der Waals surface area (Å²) >= 11 is 0. The van der Waals surface area contributed by atoms with Gasteiger partial charge in [-0.25, -0.2) is 8.42 Å². The first-order valence-corrected chi connectivity index (χ1v) is 10.7. The average molecular weight is 400 g/mol. The quantitative estimate of drug-likeness (QED) is 0.680. The molecule has 0 fully saturated rings. The van der Waals surface area contributed by atoms with Gasteiger partial charge in [-0.3, -0.25) is 4.79 Å². The fourth-order valence-corrected chi connectivity index (χ4v) is 4.57. The van der Waals surface area contributed by atoms with Crippen molar-refractivity contribution in [3.63, 3.8) is 0 Å². The maximum absolute atomic E-state index is 12.5. The number of hydrogen-bond donors (Lipinski definition) is 1. The van der Waals surface area contributed by atoms with Crippen LogP contribution in [0.2, 0.25) is 0 Å². The number of aromatic nitrogens is 3. The number of sulfone groups is 1. The Morgan fingerprint density at radius 1 is 1.21 bits per heavy atom. The Kier molecular flexibility index (Phi) is 4.76. The standard InChI is InChI=1S/C19H20N4O4S/c1-13(18-22-21-17-8-5-11-23(17)18)20-19(24)16-10-9-14(27-16)12-28(25,26)15-6-3-2-4-7-15/h2-4,6-7,9-10,13H,5,8,11-12H2,1H3,(H,20,24). The number of hydrogen-bond acceptors (Lipinski definition) is 6. The van der Waals surface area contributed by atoms with Crippen molar-refractivity contribution >= 4 is 15.7 Å². The van der Waals surface area contributed by atoms with Crippen LogP contribution in [0.3, 0.4) is 0 Å². The van der Waals surface area contributed by atoms with Gasteiger partial charge in [0, 0.05) is 13.0 Å². The predicted octanol–water partition coefficient (Wildman–Crippen LogP) is 2.28. The number of fused-ring (bicyclic) bond motifs is 1.